The van der Waals surface area contributed by atoms with Crippen LogP contribution in [0.25, 0.3) is 0 Å². The van der Waals surface area contributed by atoms with Gasteiger partial charge < -0.3 is 5.11 Å². The van der Waals surface area contributed by atoms with Gasteiger partial charge in [0.15, 0.2) is 0 Å². The van der Waals surface area contributed by atoms with Crippen LogP contribution in [0.1, 0.15) is 23.6 Å². The third-order valence-electron chi connectivity index (χ3n) is 5.22. The highest BCUT2D eigenvalue weighted by atomic mass is 32.2. The van der Waals surface area contributed by atoms with E-state index in [1.165, 1.54) is 0 Å². The van der Waals surface area contributed by atoms with E-state index in [0.29, 0.717) is 0 Å². The quantitative estimate of drug-likeness (QED) is 0.594. The first-order chi connectivity index (χ1) is 13.3. The van der Waals surface area contributed by atoms with Gasteiger partial charge in [0.05, 0.1) is 24.4 Å². The summed E-state index contributed by atoms with van der Waals surface area (Å²) in [5, 5.41) is 9.46. The van der Waals surface area contributed by atoms with Crippen LogP contribution in [-0.2, 0) is 19.1 Å². The van der Waals surface area contributed by atoms with Gasteiger partial charge in [-0.2, -0.15) is 8.42 Å². The number of rotatable bonds is 6. The molecule has 1 N–H and O–H groups in total. The molecule has 1 aliphatic carbocycles. The van der Waals surface area contributed by atoms with Gasteiger partial charge in [0.25, 0.3) is 10.1 Å². The molecule has 28 heavy (non-hydrogen) atoms. The van der Waals surface area contributed by atoms with Crippen molar-refractivity contribution in [3.05, 3.63) is 83.4 Å². The third kappa shape index (κ3) is 3.73. The molecule has 0 spiro atoms. The van der Waals surface area contributed by atoms with Crippen molar-refractivity contribution in [3.8, 4) is 0 Å². The van der Waals surface area contributed by atoms with Crippen LogP contribution in [0.4, 0.5) is 0 Å². The molecule has 6 nitrogen and oxygen atoms in total. The first kappa shape index (κ1) is 18.9. The number of carbonyl (C=O) groups is 1. The summed E-state index contributed by atoms with van der Waals surface area (Å²) in [6.45, 7) is 0. The van der Waals surface area contributed by atoms with E-state index in [2.05, 4.69) is 4.90 Å². The maximum atomic E-state index is 11.7. The van der Waals surface area contributed by atoms with Gasteiger partial charge in [-0.15, -0.1) is 0 Å². The van der Waals surface area contributed by atoms with Gasteiger partial charge in [-0.1, -0.05) is 66.7 Å². The highest BCUT2D eigenvalue weighted by Gasteiger charge is 2.58. The second-order valence-corrected chi connectivity index (χ2v) is 8.79. The second-order valence-electron chi connectivity index (χ2n) is 7.19. The summed E-state index contributed by atoms with van der Waals surface area (Å²) in [5.41, 5.74) is 2.32. The first-order valence-corrected chi connectivity index (χ1v) is 10.9. The molecule has 1 saturated heterocycles. The molecule has 1 heterocycles. The first-order valence-electron chi connectivity index (χ1n) is 9.05. The van der Waals surface area contributed by atoms with Crippen molar-refractivity contribution >= 4 is 16.1 Å². The van der Waals surface area contributed by atoms with E-state index >= 15 is 0 Å². The summed E-state index contributed by atoms with van der Waals surface area (Å²) in [7, 11) is -3.70. The number of carboxylic acid groups (broad SMARTS) is 1. The SMILES string of the molecule is CS(=O)(=O)O[C@H]1CC(C(=O)O)=C[C@H]2[C@@H]1N2C(c1ccccc1)c1ccccc1. The molecule has 4 atom stereocenters. The summed E-state index contributed by atoms with van der Waals surface area (Å²) in [6, 6.07) is 19.3. The van der Waals surface area contributed by atoms with E-state index in [4.69, 9.17) is 4.18 Å². The van der Waals surface area contributed by atoms with Crippen molar-refractivity contribution in [3.63, 3.8) is 0 Å². The lowest BCUT2D eigenvalue weighted by molar-refractivity contribution is -0.133. The molecule has 0 aromatic heterocycles. The maximum Gasteiger partial charge on any atom is 0.331 e. The van der Waals surface area contributed by atoms with Crippen molar-refractivity contribution in [1.29, 1.82) is 0 Å². The van der Waals surface area contributed by atoms with Crippen molar-refractivity contribution in [2.75, 3.05) is 6.26 Å². The highest BCUT2D eigenvalue weighted by Crippen LogP contribution is 2.49. The fourth-order valence-electron chi connectivity index (χ4n) is 4.12. The number of benzene rings is 2. The topological polar surface area (TPSA) is 83.7 Å². The summed E-state index contributed by atoms with van der Waals surface area (Å²) >= 11 is 0. The molecule has 0 saturated carbocycles. The van der Waals surface area contributed by atoms with E-state index < -0.39 is 22.2 Å². The van der Waals surface area contributed by atoms with E-state index in [1.54, 1.807) is 6.08 Å². The van der Waals surface area contributed by atoms with Crippen LogP contribution in [0, 0.1) is 0 Å². The van der Waals surface area contributed by atoms with Crippen LogP contribution >= 0.6 is 0 Å². The minimum atomic E-state index is -3.70. The van der Waals surface area contributed by atoms with Crippen molar-refractivity contribution in [2.45, 2.75) is 30.7 Å². The number of carboxylic acids is 1. The number of hydrogen-bond donors (Lipinski definition) is 1. The fourth-order valence-corrected chi connectivity index (χ4v) is 4.75. The summed E-state index contributed by atoms with van der Waals surface area (Å²) in [6.07, 6.45) is 2.08. The molecule has 1 aliphatic heterocycles. The Balaban J connectivity index is 1.74. The Morgan fingerprint density at radius 2 is 1.61 bits per heavy atom. The van der Waals surface area contributed by atoms with Crippen LogP contribution in [-0.4, -0.2) is 48.8 Å². The lowest BCUT2D eigenvalue weighted by Gasteiger charge is -2.23. The van der Waals surface area contributed by atoms with Crippen LogP contribution in [0.2, 0.25) is 0 Å². The molecule has 7 heteroatoms. The van der Waals surface area contributed by atoms with Gasteiger partial charge >= 0.3 is 5.97 Å². The zero-order chi connectivity index (χ0) is 19.9. The van der Waals surface area contributed by atoms with Crippen molar-refractivity contribution in [2.24, 2.45) is 0 Å². The standard InChI is InChI=1S/C21H21NO5S/c1-28(25,26)27-18-13-16(21(23)24)12-17-20(18)22(17)19(14-8-4-2-5-9-14)15-10-6-3-7-11-15/h2-12,17-20H,13H2,1H3,(H,23,24)/t17-,18-,20-,22?/m0/s1. The highest BCUT2D eigenvalue weighted by molar-refractivity contribution is 7.86. The lowest BCUT2D eigenvalue weighted by Crippen LogP contribution is -2.30. The molecule has 2 aromatic carbocycles. The van der Waals surface area contributed by atoms with Gasteiger partial charge in [-0.3, -0.25) is 9.08 Å². The minimum absolute atomic E-state index is 0.0658. The fraction of sp³-hybridized carbons (Fsp3) is 0.286. The molecule has 0 radical (unpaired) electrons. The Morgan fingerprint density at radius 3 is 2.07 bits per heavy atom. The minimum Gasteiger partial charge on any atom is -0.478 e. The average Bonchev–Trinajstić information content (AvgIpc) is 3.37. The molecule has 146 valence electrons. The van der Waals surface area contributed by atoms with Crippen molar-refractivity contribution in [1.82, 2.24) is 4.90 Å². The Labute approximate surface area is 164 Å². The zero-order valence-corrected chi connectivity index (χ0v) is 16.1. The van der Waals surface area contributed by atoms with E-state index in [1.807, 2.05) is 60.7 Å². The Hall–Kier alpha value is -2.48. The largest absolute Gasteiger partial charge is 0.478 e. The Morgan fingerprint density at radius 1 is 1.07 bits per heavy atom. The van der Waals surface area contributed by atoms with Gasteiger partial charge in [-0.05, 0) is 11.1 Å². The monoisotopic (exact) mass is 399 g/mol. The van der Waals surface area contributed by atoms with Crippen LogP contribution in [0.15, 0.2) is 72.3 Å². The summed E-state index contributed by atoms with van der Waals surface area (Å²) < 4.78 is 28.8. The zero-order valence-electron chi connectivity index (χ0n) is 15.3. The number of nitrogens with zero attached hydrogens (tertiary/aromatic N) is 1. The van der Waals surface area contributed by atoms with Crippen LogP contribution < -0.4 is 0 Å². The number of hydrogen-bond acceptors (Lipinski definition) is 5. The second kappa shape index (κ2) is 7.16. The normalized spacial score (nSPS) is 26.4. The van der Waals surface area contributed by atoms with Crippen molar-refractivity contribution < 1.29 is 22.5 Å². The predicted molar refractivity (Wildman–Crippen MR) is 104 cm³/mol. The molecule has 4 rings (SSSR count). The summed E-state index contributed by atoms with van der Waals surface area (Å²) in [4.78, 5) is 13.7. The maximum absolute atomic E-state index is 11.7. The predicted octanol–water partition coefficient (Wildman–Crippen LogP) is 2.59. The molecule has 2 aromatic rings. The Bertz CT molecular complexity index is 964. The molecule has 2 aliphatic rings. The van der Waals surface area contributed by atoms with Gasteiger partial charge in [0, 0.05) is 18.0 Å². The molecular weight excluding hydrogens is 378 g/mol. The number of fused-ring (bicyclic) bond motifs is 1. The van der Waals surface area contributed by atoms with Gasteiger partial charge in [0.1, 0.15) is 0 Å². The van der Waals surface area contributed by atoms with E-state index in [0.717, 1.165) is 17.4 Å². The van der Waals surface area contributed by atoms with Gasteiger partial charge in [0.2, 0.25) is 0 Å². The molecule has 0 bridgehead atoms. The molecule has 0 amide bonds. The molecular formula is C21H21NO5S. The van der Waals surface area contributed by atoms with E-state index in [9.17, 15) is 18.3 Å². The Kier molecular flexibility index (Phi) is 4.82. The van der Waals surface area contributed by atoms with Crippen LogP contribution in [0.5, 0.6) is 0 Å². The smallest absolute Gasteiger partial charge is 0.331 e. The van der Waals surface area contributed by atoms with Crippen LogP contribution in [0.3, 0.4) is 0 Å². The van der Waals surface area contributed by atoms with Gasteiger partial charge in [-0.25, -0.2) is 4.79 Å². The average molecular weight is 399 g/mol. The number of aliphatic carboxylic acids is 1. The molecule has 1 fully saturated rings. The summed E-state index contributed by atoms with van der Waals surface area (Å²) in [5.74, 6) is -1.04. The molecule has 1 unspecified atom stereocenters. The van der Waals surface area contributed by atoms with E-state index in [-0.39, 0.29) is 30.1 Å². The third-order valence-corrected chi connectivity index (χ3v) is 5.82. The lowest BCUT2D eigenvalue weighted by atomic mass is 9.97.